The molecule has 2 saturated heterocycles. The lowest BCUT2D eigenvalue weighted by molar-refractivity contribution is -0.921. The number of likely N-dealkylation sites (tertiary alicyclic amines) is 2. The first kappa shape index (κ1) is 16.4. The van der Waals surface area contributed by atoms with Crippen LogP contribution in [0.1, 0.15) is 44.1 Å². The Bertz CT molecular complexity index is 526. The number of carbonyl (C=O) groups is 1. The quantitative estimate of drug-likeness (QED) is 0.906. The highest BCUT2D eigenvalue weighted by Gasteiger charge is 2.32. The summed E-state index contributed by atoms with van der Waals surface area (Å²) in [5.41, 5.74) is 0.769. The first-order valence-electron chi connectivity index (χ1n) is 9.10. The highest BCUT2D eigenvalue weighted by molar-refractivity contribution is 5.79. The SMILES string of the molecule is O=C([C@@H]1CCC[NH+](Cc2ccccc2F)C1)N1CCCCCC1. The first-order chi connectivity index (χ1) is 11.2. The summed E-state index contributed by atoms with van der Waals surface area (Å²) in [7, 11) is 0. The van der Waals surface area contributed by atoms with Gasteiger partial charge in [0.2, 0.25) is 5.91 Å². The fourth-order valence-electron chi connectivity index (χ4n) is 3.98. The van der Waals surface area contributed by atoms with Crippen LogP contribution in [0.5, 0.6) is 0 Å². The Kier molecular flexibility index (Phi) is 5.65. The molecule has 1 N–H and O–H groups in total. The summed E-state index contributed by atoms with van der Waals surface area (Å²) in [6.07, 6.45) is 6.84. The van der Waals surface area contributed by atoms with Crippen molar-refractivity contribution in [2.75, 3.05) is 26.2 Å². The van der Waals surface area contributed by atoms with Crippen molar-refractivity contribution in [3.8, 4) is 0 Å². The minimum absolute atomic E-state index is 0.124. The monoisotopic (exact) mass is 319 g/mol. The van der Waals surface area contributed by atoms with Gasteiger partial charge in [-0.3, -0.25) is 4.79 Å². The van der Waals surface area contributed by atoms with E-state index in [-0.39, 0.29) is 11.7 Å². The van der Waals surface area contributed by atoms with Gasteiger partial charge in [-0.05, 0) is 31.7 Å². The van der Waals surface area contributed by atoms with Crippen LogP contribution >= 0.6 is 0 Å². The molecule has 126 valence electrons. The molecule has 1 amide bonds. The summed E-state index contributed by atoms with van der Waals surface area (Å²) < 4.78 is 13.8. The number of rotatable bonds is 3. The van der Waals surface area contributed by atoms with Crippen molar-refractivity contribution in [1.29, 1.82) is 0 Å². The van der Waals surface area contributed by atoms with E-state index in [0.717, 1.165) is 57.4 Å². The molecule has 23 heavy (non-hydrogen) atoms. The average Bonchev–Trinajstić information content (AvgIpc) is 2.86. The standard InChI is InChI=1S/C19H27FN2O/c20-18-10-4-3-8-16(18)14-21-11-7-9-17(15-21)19(23)22-12-5-1-2-6-13-22/h3-4,8,10,17H,1-2,5-7,9,11-15H2/p+1/t17-/m1/s1. The Morgan fingerprint density at radius 2 is 1.87 bits per heavy atom. The van der Waals surface area contributed by atoms with Gasteiger partial charge in [-0.25, -0.2) is 4.39 Å². The molecule has 0 spiro atoms. The smallest absolute Gasteiger partial charge is 0.231 e. The Balaban J connectivity index is 1.59. The molecule has 0 radical (unpaired) electrons. The van der Waals surface area contributed by atoms with E-state index in [9.17, 15) is 9.18 Å². The van der Waals surface area contributed by atoms with E-state index in [2.05, 4.69) is 4.90 Å². The van der Waals surface area contributed by atoms with E-state index in [1.165, 1.54) is 23.8 Å². The lowest BCUT2D eigenvalue weighted by Crippen LogP contribution is -3.12. The summed E-state index contributed by atoms with van der Waals surface area (Å²) in [6, 6.07) is 7.01. The molecule has 3 rings (SSSR count). The maximum absolute atomic E-state index is 13.8. The number of benzene rings is 1. The minimum Gasteiger partial charge on any atom is -0.342 e. The number of hydrogen-bond acceptors (Lipinski definition) is 1. The van der Waals surface area contributed by atoms with E-state index in [1.807, 2.05) is 12.1 Å². The van der Waals surface area contributed by atoms with Gasteiger partial charge in [-0.1, -0.05) is 31.0 Å². The topological polar surface area (TPSA) is 24.8 Å². The normalized spacial score (nSPS) is 25.9. The molecular weight excluding hydrogens is 291 g/mol. The number of carbonyl (C=O) groups excluding carboxylic acids is 1. The molecule has 2 fully saturated rings. The van der Waals surface area contributed by atoms with Gasteiger partial charge in [-0.2, -0.15) is 0 Å². The van der Waals surface area contributed by atoms with Crippen molar-refractivity contribution in [1.82, 2.24) is 4.90 Å². The third-order valence-corrected chi connectivity index (χ3v) is 5.28. The maximum Gasteiger partial charge on any atom is 0.231 e. The predicted octanol–water partition coefficient (Wildman–Crippen LogP) is 2.02. The third-order valence-electron chi connectivity index (χ3n) is 5.28. The molecule has 1 unspecified atom stereocenters. The molecule has 3 nitrogen and oxygen atoms in total. The average molecular weight is 319 g/mol. The molecule has 0 aliphatic carbocycles. The number of piperidine rings is 1. The summed E-state index contributed by atoms with van der Waals surface area (Å²) in [6.45, 7) is 4.44. The van der Waals surface area contributed by atoms with Crippen LogP contribution in [-0.4, -0.2) is 37.0 Å². The number of quaternary nitrogens is 1. The molecule has 2 aliphatic heterocycles. The highest BCUT2D eigenvalue weighted by Crippen LogP contribution is 2.16. The van der Waals surface area contributed by atoms with Gasteiger partial charge in [0.15, 0.2) is 0 Å². The van der Waals surface area contributed by atoms with Crippen molar-refractivity contribution in [2.45, 2.75) is 45.1 Å². The number of nitrogens with one attached hydrogen (secondary N) is 1. The summed E-state index contributed by atoms with van der Waals surface area (Å²) in [5.74, 6) is 0.349. The van der Waals surface area contributed by atoms with Crippen LogP contribution in [-0.2, 0) is 11.3 Å². The van der Waals surface area contributed by atoms with Crippen LogP contribution in [0, 0.1) is 11.7 Å². The highest BCUT2D eigenvalue weighted by atomic mass is 19.1. The van der Waals surface area contributed by atoms with Crippen LogP contribution in [0.2, 0.25) is 0 Å². The van der Waals surface area contributed by atoms with Crippen LogP contribution in [0.3, 0.4) is 0 Å². The van der Waals surface area contributed by atoms with Gasteiger partial charge in [0.05, 0.1) is 19.0 Å². The van der Waals surface area contributed by atoms with E-state index >= 15 is 0 Å². The number of hydrogen-bond donors (Lipinski definition) is 1. The second-order valence-electron chi connectivity index (χ2n) is 7.05. The largest absolute Gasteiger partial charge is 0.342 e. The van der Waals surface area contributed by atoms with Crippen LogP contribution in [0.15, 0.2) is 24.3 Å². The Morgan fingerprint density at radius 3 is 2.61 bits per heavy atom. The second kappa shape index (κ2) is 7.91. The van der Waals surface area contributed by atoms with E-state index in [4.69, 9.17) is 0 Å². The summed E-state index contributed by atoms with van der Waals surface area (Å²) in [5, 5.41) is 0. The predicted molar refractivity (Wildman–Crippen MR) is 88.6 cm³/mol. The van der Waals surface area contributed by atoms with Gasteiger partial charge in [0, 0.05) is 18.7 Å². The molecule has 0 saturated carbocycles. The van der Waals surface area contributed by atoms with Gasteiger partial charge in [0.1, 0.15) is 12.4 Å². The van der Waals surface area contributed by atoms with Gasteiger partial charge >= 0.3 is 0 Å². The molecule has 4 heteroatoms. The molecule has 1 aromatic rings. The van der Waals surface area contributed by atoms with Crippen LogP contribution < -0.4 is 4.90 Å². The lowest BCUT2D eigenvalue weighted by Gasteiger charge is -2.32. The fourth-order valence-corrected chi connectivity index (χ4v) is 3.98. The third kappa shape index (κ3) is 4.31. The summed E-state index contributed by atoms with van der Waals surface area (Å²) in [4.78, 5) is 16.2. The zero-order valence-electron chi connectivity index (χ0n) is 13.9. The second-order valence-corrected chi connectivity index (χ2v) is 7.05. The zero-order valence-corrected chi connectivity index (χ0v) is 13.9. The van der Waals surface area contributed by atoms with Crippen molar-refractivity contribution in [3.05, 3.63) is 35.6 Å². The number of halogens is 1. The first-order valence-corrected chi connectivity index (χ1v) is 9.10. The molecule has 0 bridgehead atoms. The number of amides is 1. The molecule has 2 atom stereocenters. The van der Waals surface area contributed by atoms with Gasteiger partial charge in [0.25, 0.3) is 0 Å². The minimum atomic E-state index is -0.124. The fraction of sp³-hybridized carbons (Fsp3) is 0.632. The molecule has 2 heterocycles. The molecular formula is C19H28FN2O+. The van der Waals surface area contributed by atoms with E-state index in [1.54, 1.807) is 6.07 Å². The zero-order chi connectivity index (χ0) is 16.1. The van der Waals surface area contributed by atoms with E-state index in [0.29, 0.717) is 12.5 Å². The molecule has 1 aromatic carbocycles. The molecule has 0 aromatic heterocycles. The lowest BCUT2D eigenvalue weighted by atomic mass is 9.96. The van der Waals surface area contributed by atoms with Crippen LogP contribution in [0.4, 0.5) is 4.39 Å². The van der Waals surface area contributed by atoms with Crippen LogP contribution in [0.25, 0.3) is 0 Å². The molecule has 2 aliphatic rings. The van der Waals surface area contributed by atoms with Gasteiger partial charge in [-0.15, -0.1) is 0 Å². The Labute approximate surface area is 138 Å². The van der Waals surface area contributed by atoms with Gasteiger partial charge < -0.3 is 9.80 Å². The Morgan fingerprint density at radius 1 is 1.13 bits per heavy atom. The van der Waals surface area contributed by atoms with E-state index < -0.39 is 0 Å². The summed E-state index contributed by atoms with van der Waals surface area (Å²) >= 11 is 0. The van der Waals surface area contributed by atoms with Crippen molar-refractivity contribution in [2.24, 2.45) is 5.92 Å². The maximum atomic E-state index is 13.8. The van der Waals surface area contributed by atoms with Crippen molar-refractivity contribution < 1.29 is 14.1 Å². The Hall–Kier alpha value is -1.42. The van der Waals surface area contributed by atoms with Crippen molar-refractivity contribution >= 4 is 5.91 Å². The number of nitrogens with zero attached hydrogens (tertiary/aromatic N) is 1. The van der Waals surface area contributed by atoms with Crippen molar-refractivity contribution in [3.63, 3.8) is 0 Å².